The van der Waals surface area contributed by atoms with E-state index < -0.39 is 0 Å². The molecular weight excluding hydrogens is 252 g/mol. The molecule has 4 nitrogen and oxygen atoms in total. The van der Waals surface area contributed by atoms with Crippen molar-refractivity contribution in [2.45, 2.75) is 13.8 Å². The summed E-state index contributed by atoms with van der Waals surface area (Å²) in [6, 6.07) is 7.57. The Morgan fingerprint density at radius 2 is 2.10 bits per heavy atom. The van der Waals surface area contributed by atoms with Crippen LogP contribution in [0.4, 0.5) is 0 Å². The lowest BCUT2D eigenvalue weighted by atomic mass is 10.1. The third-order valence-corrected chi connectivity index (χ3v) is 3.28. The van der Waals surface area contributed by atoms with E-state index >= 15 is 0 Å². The van der Waals surface area contributed by atoms with Crippen molar-refractivity contribution in [3.63, 3.8) is 0 Å². The van der Waals surface area contributed by atoms with Crippen LogP contribution in [0.3, 0.4) is 0 Å². The number of rotatable bonds is 4. The molecule has 0 bridgehead atoms. The minimum absolute atomic E-state index is 0.0316. The summed E-state index contributed by atoms with van der Waals surface area (Å²) < 4.78 is 6.88. The van der Waals surface area contributed by atoms with Crippen molar-refractivity contribution < 1.29 is 9.53 Å². The maximum atomic E-state index is 12.3. The van der Waals surface area contributed by atoms with Crippen LogP contribution in [0.5, 0.6) is 5.75 Å². The summed E-state index contributed by atoms with van der Waals surface area (Å²) in [6.45, 7) is 3.74. The highest BCUT2D eigenvalue weighted by Gasteiger charge is 2.14. The fourth-order valence-corrected chi connectivity index (χ4v) is 2.13. The third-order valence-electron chi connectivity index (χ3n) is 3.28. The van der Waals surface area contributed by atoms with E-state index in [0.29, 0.717) is 5.56 Å². The maximum Gasteiger partial charge on any atom is 0.189 e. The number of carbonyl (C=O) groups is 1. The summed E-state index contributed by atoms with van der Waals surface area (Å²) in [5, 5.41) is 4.26. The first kappa shape index (κ1) is 14.1. The second-order valence-electron chi connectivity index (χ2n) is 4.64. The topological polar surface area (TPSA) is 44.1 Å². The molecule has 1 aromatic carbocycles. The Morgan fingerprint density at radius 1 is 1.35 bits per heavy atom. The molecule has 104 valence electrons. The molecule has 20 heavy (non-hydrogen) atoms. The summed E-state index contributed by atoms with van der Waals surface area (Å²) in [5.41, 5.74) is 3.23. The van der Waals surface area contributed by atoms with Crippen LogP contribution >= 0.6 is 0 Å². The van der Waals surface area contributed by atoms with Gasteiger partial charge in [-0.1, -0.05) is 18.2 Å². The fraction of sp³-hybridized carbons (Fsp3) is 0.250. The Morgan fingerprint density at radius 3 is 2.70 bits per heavy atom. The van der Waals surface area contributed by atoms with E-state index in [2.05, 4.69) is 5.10 Å². The van der Waals surface area contributed by atoms with Gasteiger partial charge in [0.25, 0.3) is 0 Å². The minimum atomic E-state index is -0.0316. The third kappa shape index (κ3) is 2.79. The number of methoxy groups -OCH3 is 1. The molecule has 1 aromatic heterocycles. The summed E-state index contributed by atoms with van der Waals surface area (Å²) in [4.78, 5) is 12.3. The molecule has 1 heterocycles. The van der Waals surface area contributed by atoms with Crippen LogP contribution in [0, 0.1) is 13.8 Å². The van der Waals surface area contributed by atoms with Crippen LogP contribution in [-0.4, -0.2) is 22.7 Å². The molecule has 0 fully saturated rings. The Labute approximate surface area is 118 Å². The smallest absolute Gasteiger partial charge is 0.189 e. The lowest BCUT2D eigenvalue weighted by Crippen LogP contribution is -1.99. The van der Waals surface area contributed by atoms with E-state index in [-0.39, 0.29) is 5.78 Å². The van der Waals surface area contributed by atoms with E-state index in [1.54, 1.807) is 23.9 Å². The molecular formula is C16H18N2O2. The molecule has 0 saturated heterocycles. The molecule has 0 spiro atoms. The zero-order chi connectivity index (χ0) is 14.7. The van der Waals surface area contributed by atoms with Gasteiger partial charge >= 0.3 is 0 Å². The van der Waals surface area contributed by atoms with Gasteiger partial charge in [0.1, 0.15) is 5.75 Å². The van der Waals surface area contributed by atoms with Crippen molar-refractivity contribution in [2.24, 2.45) is 7.05 Å². The summed E-state index contributed by atoms with van der Waals surface area (Å²) in [7, 11) is 3.46. The van der Waals surface area contributed by atoms with E-state index in [1.807, 2.05) is 45.2 Å². The van der Waals surface area contributed by atoms with Crippen molar-refractivity contribution in [2.75, 3.05) is 7.11 Å². The van der Waals surface area contributed by atoms with Gasteiger partial charge in [0.15, 0.2) is 5.78 Å². The first-order chi connectivity index (χ1) is 9.52. The Balaban J connectivity index is 2.24. The van der Waals surface area contributed by atoms with Crippen LogP contribution in [-0.2, 0) is 7.05 Å². The second kappa shape index (κ2) is 5.74. The number of ether oxygens (including phenoxy) is 1. The van der Waals surface area contributed by atoms with Crippen LogP contribution in [0.15, 0.2) is 30.3 Å². The number of ketones is 1. The van der Waals surface area contributed by atoms with Gasteiger partial charge in [0, 0.05) is 12.7 Å². The van der Waals surface area contributed by atoms with Crippen LogP contribution in [0.25, 0.3) is 6.08 Å². The number of benzene rings is 1. The highest BCUT2D eigenvalue weighted by Crippen LogP contribution is 2.16. The van der Waals surface area contributed by atoms with Gasteiger partial charge in [-0.05, 0) is 37.6 Å². The van der Waals surface area contributed by atoms with E-state index in [9.17, 15) is 4.79 Å². The van der Waals surface area contributed by atoms with Gasteiger partial charge in [-0.25, -0.2) is 0 Å². The molecule has 2 aromatic rings. The maximum absolute atomic E-state index is 12.3. The van der Waals surface area contributed by atoms with Crippen molar-refractivity contribution in [1.29, 1.82) is 0 Å². The number of nitrogens with zero attached hydrogens (tertiary/aromatic N) is 2. The summed E-state index contributed by atoms with van der Waals surface area (Å²) >= 11 is 0. The van der Waals surface area contributed by atoms with Crippen LogP contribution in [0.1, 0.15) is 27.3 Å². The quantitative estimate of drug-likeness (QED) is 0.633. The Hall–Kier alpha value is -2.36. The number of hydrogen-bond acceptors (Lipinski definition) is 3. The average Bonchev–Trinajstić information content (AvgIpc) is 2.70. The number of hydrogen-bond donors (Lipinski definition) is 0. The average molecular weight is 270 g/mol. The van der Waals surface area contributed by atoms with Gasteiger partial charge < -0.3 is 4.74 Å². The molecule has 0 N–H and O–H groups in total. The van der Waals surface area contributed by atoms with Gasteiger partial charge in [-0.15, -0.1) is 0 Å². The van der Waals surface area contributed by atoms with Crippen LogP contribution in [0.2, 0.25) is 0 Å². The number of aryl methyl sites for hydroxylation is 2. The first-order valence-electron chi connectivity index (χ1n) is 6.39. The largest absolute Gasteiger partial charge is 0.497 e. The predicted molar refractivity (Wildman–Crippen MR) is 79.0 cm³/mol. The van der Waals surface area contributed by atoms with E-state index in [1.165, 1.54) is 0 Å². The molecule has 0 aliphatic carbocycles. The number of allylic oxidation sites excluding steroid dienone is 1. The Bertz CT molecular complexity index is 669. The molecule has 0 atom stereocenters. The predicted octanol–water partition coefficient (Wildman–Crippen LogP) is 2.94. The zero-order valence-corrected chi connectivity index (χ0v) is 12.2. The van der Waals surface area contributed by atoms with Crippen molar-refractivity contribution >= 4 is 11.9 Å². The fourth-order valence-electron chi connectivity index (χ4n) is 2.13. The van der Waals surface area contributed by atoms with Crippen molar-refractivity contribution in [3.05, 3.63) is 52.9 Å². The van der Waals surface area contributed by atoms with Gasteiger partial charge in [-0.3, -0.25) is 9.48 Å². The summed E-state index contributed by atoms with van der Waals surface area (Å²) in [5.74, 6) is 0.740. The van der Waals surface area contributed by atoms with E-state index in [4.69, 9.17) is 4.74 Å². The normalized spacial score (nSPS) is 11.0. The molecule has 0 amide bonds. The summed E-state index contributed by atoms with van der Waals surface area (Å²) in [6.07, 6.45) is 3.36. The SMILES string of the molecule is COc1cccc(/C=C/C(=O)c2c(C)nn(C)c2C)c1. The van der Waals surface area contributed by atoms with Gasteiger partial charge in [0.05, 0.1) is 18.4 Å². The molecule has 4 heteroatoms. The van der Waals surface area contributed by atoms with Gasteiger partial charge in [-0.2, -0.15) is 5.10 Å². The highest BCUT2D eigenvalue weighted by molar-refractivity contribution is 6.08. The zero-order valence-electron chi connectivity index (χ0n) is 12.2. The highest BCUT2D eigenvalue weighted by atomic mass is 16.5. The monoisotopic (exact) mass is 270 g/mol. The first-order valence-corrected chi connectivity index (χ1v) is 6.39. The van der Waals surface area contributed by atoms with Crippen LogP contribution < -0.4 is 4.74 Å². The minimum Gasteiger partial charge on any atom is -0.497 e. The van der Waals surface area contributed by atoms with Crippen molar-refractivity contribution in [1.82, 2.24) is 9.78 Å². The molecule has 0 aliphatic heterocycles. The molecule has 0 unspecified atom stereocenters. The van der Waals surface area contributed by atoms with E-state index in [0.717, 1.165) is 22.7 Å². The lowest BCUT2D eigenvalue weighted by Gasteiger charge is -2.00. The van der Waals surface area contributed by atoms with Crippen molar-refractivity contribution in [3.8, 4) is 5.75 Å². The second-order valence-corrected chi connectivity index (χ2v) is 4.64. The lowest BCUT2D eigenvalue weighted by molar-refractivity contribution is 0.104. The standard InChI is InChI=1S/C16H18N2O2/c1-11-16(12(2)18(3)17-11)15(19)9-8-13-6-5-7-14(10-13)20-4/h5-10H,1-4H3/b9-8+. The molecule has 0 aliphatic rings. The number of aromatic nitrogens is 2. The number of carbonyl (C=O) groups excluding carboxylic acids is 1. The molecule has 0 radical (unpaired) electrons. The molecule has 2 rings (SSSR count). The molecule has 0 saturated carbocycles. The van der Waals surface area contributed by atoms with Gasteiger partial charge in [0.2, 0.25) is 0 Å². The Kier molecular flexibility index (Phi) is 4.03.